The molecule has 2 aromatic heterocycles. The number of thiazole rings is 1. The maximum Gasteiger partial charge on any atom is 0.244 e. The fraction of sp³-hybridized carbons (Fsp3) is 0.333. The van der Waals surface area contributed by atoms with E-state index < -0.39 is 0 Å². The van der Waals surface area contributed by atoms with Crippen LogP contribution in [0.4, 0.5) is 0 Å². The maximum absolute atomic E-state index is 11.5. The predicted octanol–water partition coefficient (Wildman–Crippen LogP) is 2.33. The van der Waals surface area contributed by atoms with Crippen LogP contribution in [0.1, 0.15) is 25.5 Å². The standard InChI is InChI=1S/C12H15N3OS/c1-2-3-6-13-11(16)5-4-10-9-14-12-15(10)7-8-17-12/h4-5,7-9H,2-3,6H2,1H3,(H,13,16)/b5-4+. The molecule has 0 saturated heterocycles. The Morgan fingerprint density at radius 1 is 1.65 bits per heavy atom. The topological polar surface area (TPSA) is 46.4 Å². The number of carbonyl (C=O) groups excluding carboxylic acids is 1. The third kappa shape index (κ3) is 2.94. The van der Waals surface area contributed by atoms with Crippen LogP contribution in [0.15, 0.2) is 23.8 Å². The van der Waals surface area contributed by atoms with Gasteiger partial charge >= 0.3 is 0 Å². The fourth-order valence-electron chi connectivity index (χ4n) is 1.48. The second-order valence-electron chi connectivity index (χ2n) is 3.72. The Morgan fingerprint density at radius 2 is 2.53 bits per heavy atom. The molecule has 0 radical (unpaired) electrons. The van der Waals surface area contributed by atoms with Gasteiger partial charge in [0.2, 0.25) is 5.91 Å². The number of unbranched alkanes of at least 4 members (excludes halogenated alkanes) is 1. The summed E-state index contributed by atoms with van der Waals surface area (Å²) in [4.78, 5) is 16.6. The Balaban J connectivity index is 1.96. The highest BCUT2D eigenvalue weighted by Crippen LogP contribution is 2.13. The third-order valence-corrected chi connectivity index (χ3v) is 3.18. The van der Waals surface area contributed by atoms with Crippen LogP contribution in [-0.4, -0.2) is 21.8 Å². The number of nitrogens with one attached hydrogen (secondary N) is 1. The van der Waals surface area contributed by atoms with Gasteiger partial charge in [-0.15, -0.1) is 11.3 Å². The summed E-state index contributed by atoms with van der Waals surface area (Å²) in [5, 5.41) is 4.81. The zero-order valence-corrected chi connectivity index (χ0v) is 10.5. The minimum Gasteiger partial charge on any atom is -0.353 e. The van der Waals surface area contributed by atoms with E-state index in [0.29, 0.717) is 0 Å². The number of hydrogen-bond acceptors (Lipinski definition) is 3. The molecule has 0 aliphatic carbocycles. The molecule has 0 spiro atoms. The van der Waals surface area contributed by atoms with Gasteiger partial charge in [0.15, 0.2) is 4.96 Å². The minimum atomic E-state index is -0.0522. The van der Waals surface area contributed by atoms with Gasteiger partial charge in [-0.1, -0.05) is 13.3 Å². The Hall–Kier alpha value is -1.62. The summed E-state index contributed by atoms with van der Waals surface area (Å²) in [5.41, 5.74) is 0.923. The molecule has 1 amide bonds. The van der Waals surface area contributed by atoms with Crippen molar-refractivity contribution < 1.29 is 4.79 Å². The first kappa shape index (κ1) is 11.9. The van der Waals surface area contributed by atoms with Crippen LogP contribution in [0.25, 0.3) is 11.0 Å². The van der Waals surface area contributed by atoms with Gasteiger partial charge in [0, 0.05) is 24.2 Å². The van der Waals surface area contributed by atoms with Gasteiger partial charge in [-0.3, -0.25) is 9.20 Å². The molecule has 0 unspecified atom stereocenters. The Labute approximate surface area is 104 Å². The molecular weight excluding hydrogens is 234 g/mol. The summed E-state index contributed by atoms with van der Waals surface area (Å²) in [6, 6.07) is 0. The van der Waals surface area contributed by atoms with Crippen molar-refractivity contribution >= 4 is 28.3 Å². The molecule has 2 rings (SSSR count). The molecule has 0 saturated carbocycles. The lowest BCUT2D eigenvalue weighted by Gasteiger charge is -1.98. The number of rotatable bonds is 5. The summed E-state index contributed by atoms with van der Waals surface area (Å²) < 4.78 is 1.96. The molecule has 2 aromatic rings. The number of nitrogens with zero attached hydrogens (tertiary/aromatic N) is 2. The van der Waals surface area contributed by atoms with Crippen molar-refractivity contribution in [2.45, 2.75) is 19.8 Å². The van der Waals surface area contributed by atoms with Gasteiger partial charge in [-0.2, -0.15) is 0 Å². The summed E-state index contributed by atoms with van der Waals surface area (Å²) in [6.07, 6.45) is 9.15. The molecule has 0 aliphatic heterocycles. The Bertz CT molecular complexity index is 527. The average molecular weight is 249 g/mol. The molecule has 0 bridgehead atoms. The van der Waals surface area contributed by atoms with Crippen LogP contribution in [-0.2, 0) is 4.79 Å². The summed E-state index contributed by atoms with van der Waals surface area (Å²) in [5.74, 6) is -0.0522. The SMILES string of the molecule is CCCCNC(=O)/C=C/c1cnc2sccn12. The fourth-order valence-corrected chi connectivity index (χ4v) is 2.17. The molecule has 4 nitrogen and oxygen atoms in total. The molecule has 0 aromatic carbocycles. The minimum absolute atomic E-state index is 0.0522. The van der Waals surface area contributed by atoms with Crippen molar-refractivity contribution in [2.24, 2.45) is 0 Å². The molecule has 0 fully saturated rings. The van der Waals surface area contributed by atoms with E-state index in [1.54, 1.807) is 29.7 Å². The highest BCUT2D eigenvalue weighted by Gasteiger charge is 2.01. The zero-order chi connectivity index (χ0) is 12.1. The van der Waals surface area contributed by atoms with E-state index in [1.165, 1.54) is 0 Å². The number of amides is 1. The van der Waals surface area contributed by atoms with Crippen molar-refractivity contribution in [2.75, 3.05) is 6.54 Å². The van der Waals surface area contributed by atoms with Crippen molar-refractivity contribution in [3.8, 4) is 0 Å². The van der Waals surface area contributed by atoms with E-state index in [2.05, 4.69) is 17.2 Å². The molecule has 17 heavy (non-hydrogen) atoms. The molecular formula is C12H15N3OS. The second kappa shape index (κ2) is 5.63. The number of imidazole rings is 1. The van der Waals surface area contributed by atoms with Crippen LogP contribution >= 0.6 is 11.3 Å². The maximum atomic E-state index is 11.5. The first-order valence-electron chi connectivity index (χ1n) is 5.67. The highest BCUT2D eigenvalue weighted by molar-refractivity contribution is 7.15. The second-order valence-corrected chi connectivity index (χ2v) is 4.59. The number of aromatic nitrogens is 2. The molecule has 90 valence electrons. The largest absolute Gasteiger partial charge is 0.353 e. The van der Waals surface area contributed by atoms with Crippen LogP contribution in [0.3, 0.4) is 0 Å². The van der Waals surface area contributed by atoms with Crippen molar-refractivity contribution in [1.82, 2.24) is 14.7 Å². The predicted molar refractivity (Wildman–Crippen MR) is 70.0 cm³/mol. The van der Waals surface area contributed by atoms with Crippen LogP contribution in [0.2, 0.25) is 0 Å². The van der Waals surface area contributed by atoms with Crippen LogP contribution in [0, 0.1) is 0 Å². The van der Waals surface area contributed by atoms with Crippen molar-refractivity contribution in [1.29, 1.82) is 0 Å². The quantitative estimate of drug-likeness (QED) is 0.653. The highest BCUT2D eigenvalue weighted by atomic mass is 32.1. The zero-order valence-electron chi connectivity index (χ0n) is 9.72. The molecule has 1 N–H and O–H groups in total. The van der Waals surface area contributed by atoms with E-state index in [1.807, 2.05) is 16.0 Å². The number of fused-ring (bicyclic) bond motifs is 1. The first-order valence-corrected chi connectivity index (χ1v) is 6.55. The van der Waals surface area contributed by atoms with Gasteiger partial charge < -0.3 is 5.32 Å². The van der Waals surface area contributed by atoms with Crippen LogP contribution in [0.5, 0.6) is 0 Å². The summed E-state index contributed by atoms with van der Waals surface area (Å²) in [7, 11) is 0. The van der Waals surface area contributed by atoms with Crippen LogP contribution < -0.4 is 5.32 Å². The molecule has 0 aliphatic rings. The monoisotopic (exact) mass is 249 g/mol. The number of hydrogen-bond donors (Lipinski definition) is 1. The van der Waals surface area contributed by atoms with E-state index in [4.69, 9.17) is 0 Å². The first-order chi connectivity index (χ1) is 8.31. The van der Waals surface area contributed by atoms with Gasteiger partial charge in [0.05, 0.1) is 11.9 Å². The lowest BCUT2D eigenvalue weighted by molar-refractivity contribution is -0.116. The lowest BCUT2D eigenvalue weighted by atomic mass is 10.3. The normalized spacial score (nSPS) is 11.4. The lowest BCUT2D eigenvalue weighted by Crippen LogP contribution is -2.21. The van der Waals surface area contributed by atoms with Crippen molar-refractivity contribution in [3.05, 3.63) is 29.5 Å². The third-order valence-electron chi connectivity index (χ3n) is 2.41. The molecule has 5 heteroatoms. The van der Waals surface area contributed by atoms with Gasteiger partial charge in [0.1, 0.15) is 0 Å². The molecule has 0 atom stereocenters. The summed E-state index contributed by atoms with van der Waals surface area (Å²) in [6.45, 7) is 2.83. The smallest absolute Gasteiger partial charge is 0.244 e. The van der Waals surface area contributed by atoms with Gasteiger partial charge in [-0.25, -0.2) is 4.98 Å². The molecule has 2 heterocycles. The van der Waals surface area contributed by atoms with E-state index in [0.717, 1.165) is 30.0 Å². The Morgan fingerprint density at radius 3 is 3.35 bits per heavy atom. The van der Waals surface area contributed by atoms with Crippen molar-refractivity contribution in [3.63, 3.8) is 0 Å². The number of carbonyl (C=O) groups is 1. The van der Waals surface area contributed by atoms with Gasteiger partial charge in [0.25, 0.3) is 0 Å². The summed E-state index contributed by atoms with van der Waals surface area (Å²) >= 11 is 1.58. The van der Waals surface area contributed by atoms with E-state index >= 15 is 0 Å². The Kier molecular flexibility index (Phi) is 3.93. The van der Waals surface area contributed by atoms with E-state index in [-0.39, 0.29) is 5.91 Å². The van der Waals surface area contributed by atoms with Gasteiger partial charge in [-0.05, 0) is 12.5 Å². The average Bonchev–Trinajstić information content (AvgIpc) is 2.89. The van der Waals surface area contributed by atoms with E-state index in [9.17, 15) is 4.79 Å².